The minimum Gasteiger partial charge on any atom is -0.373 e. The number of nitrogens with zero attached hydrogens (tertiary/aromatic N) is 3. The molecule has 1 heterocycles. The number of hydrogen-bond donors (Lipinski definition) is 1. The van der Waals surface area contributed by atoms with Gasteiger partial charge in [-0.05, 0) is 56.8 Å². The molecule has 5 nitrogen and oxygen atoms in total. The largest absolute Gasteiger partial charge is 0.373 e. The average molecular weight is 409 g/mol. The smallest absolute Gasteiger partial charge is 0.241 e. The number of benzene rings is 2. The molecule has 1 aromatic heterocycles. The van der Waals surface area contributed by atoms with Crippen LogP contribution < -0.4 is 10.2 Å². The number of carbonyl (C=O) groups is 1. The summed E-state index contributed by atoms with van der Waals surface area (Å²) in [6, 6.07) is 14.1. The Morgan fingerprint density at radius 1 is 1.13 bits per heavy atom. The van der Waals surface area contributed by atoms with Gasteiger partial charge < -0.3 is 10.2 Å². The lowest BCUT2D eigenvalue weighted by Crippen LogP contribution is -2.45. The lowest BCUT2D eigenvalue weighted by molar-refractivity contribution is -0.120. The van der Waals surface area contributed by atoms with E-state index in [-0.39, 0.29) is 17.8 Å². The van der Waals surface area contributed by atoms with Crippen LogP contribution in [0.2, 0.25) is 0 Å². The number of rotatable bonds is 8. The number of halogens is 1. The van der Waals surface area contributed by atoms with E-state index in [1.807, 2.05) is 58.2 Å². The molecule has 0 fully saturated rings. The van der Waals surface area contributed by atoms with E-state index in [0.29, 0.717) is 13.1 Å². The minimum atomic E-state index is -0.276. The fraction of sp³-hybridized carbons (Fsp3) is 0.333. The van der Waals surface area contributed by atoms with Crippen molar-refractivity contribution < 1.29 is 9.18 Å². The van der Waals surface area contributed by atoms with Crippen molar-refractivity contribution in [2.45, 2.75) is 26.8 Å². The number of carbonyl (C=O) groups excluding carboxylic acids is 1. The van der Waals surface area contributed by atoms with Gasteiger partial charge in [0, 0.05) is 43.1 Å². The van der Waals surface area contributed by atoms with Gasteiger partial charge in [-0.25, -0.2) is 4.39 Å². The van der Waals surface area contributed by atoms with E-state index in [4.69, 9.17) is 0 Å². The van der Waals surface area contributed by atoms with Gasteiger partial charge in [0.05, 0.1) is 11.6 Å². The molecule has 0 bridgehead atoms. The maximum atomic E-state index is 13.7. The second kappa shape index (κ2) is 9.67. The molecule has 0 aliphatic heterocycles. The number of aromatic nitrogens is 1. The standard InChI is InChI=1S/C24H29FN4O/c1-5-29(18(3)24(30)27-20-9-6-17(2)7-10-20)15-14-28(4)23-12-13-26-22-11-8-19(25)16-21(22)23/h6-13,16,18H,5,14-15H2,1-4H3,(H,27,30). The quantitative estimate of drug-likeness (QED) is 0.598. The molecule has 158 valence electrons. The van der Waals surface area contributed by atoms with Crippen molar-refractivity contribution in [1.29, 1.82) is 0 Å². The molecule has 1 unspecified atom stereocenters. The molecule has 30 heavy (non-hydrogen) atoms. The summed E-state index contributed by atoms with van der Waals surface area (Å²) in [5, 5.41) is 3.77. The van der Waals surface area contributed by atoms with Crippen LogP contribution in [0.4, 0.5) is 15.8 Å². The van der Waals surface area contributed by atoms with Crippen LogP contribution >= 0.6 is 0 Å². The second-order valence-corrected chi connectivity index (χ2v) is 7.57. The van der Waals surface area contributed by atoms with Gasteiger partial charge in [0.25, 0.3) is 0 Å². The Labute approximate surface area is 177 Å². The molecule has 6 heteroatoms. The number of likely N-dealkylation sites (N-methyl/N-ethyl adjacent to an activating group) is 2. The van der Waals surface area contributed by atoms with Gasteiger partial charge in [0.15, 0.2) is 0 Å². The second-order valence-electron chi connectivity index (χ2n) is 7.57. The third-order valence-corrected chi connectivity index (χ3v) is 5.47. The number of fused-ring (bicyclic) bond motifs is 1. The normalized spacial score (nSPS) is 12.2. The predicted octanol–water partition coefficient (Wildman–Crippen LogP) is 4.47. The molecule has 1 N–H and O–H groups in total. The van der Waals surface area contributed by atoms with Crippen LogP contribution in [0.25, 0.3) is 10.9 Å². The van der Waals surface area contributed by atoms with E-state index in [9.17, 15) is 9.18 Å². The van der Waals surface area contributed by atoms with Crippen molar-refractivity contribution in [3.05, 3.63) is 66.1 Å². The van der Waals surface area contributed by atoms with Crippen LogP contribution in [0.3, 0.4) is 0 Å². The Morgan fingerprint density at radius 2 is 1.87 bits per heavy atom. The third kappa shape index (κ3) is 5.13. The summed E-state index contributed by atoms with van der Waals surface area (Å²) in [5.41, 5.74) is 3.64. The first kappa shape index (κ1) is 21.7. The first-order chi connectivity index (χ1) is 14.4. The summed E-state index contributed by atoms with van der Waals surface area (Å²) in [7, 11) is 1.98. The van der Waals surface area contributed by atoms with Crippen LogP contribution in [-0.4, -0.2) is 48.5 Å². The average Bonchev–Trinajstić information content (AvgIpc) is 2.74. The Hall–Kier alpha value is -2.99. The van der Waals surface area contributed by atoms with Crippen molar-refractivity contribution in [3.63, 3.8) is 0 Å². The highest BCUT2D eigenvalue weighted by molar-refractivity contribution is 5.94. The molecule has 0 radical (unpaired) electrons. The van der Waals surface area contributed by atoms with E-state index in [2.05, 4.69) is 20.1 Å². The summed E-state index contributed by atoms with van der Waals surface area (Å²) in [5.74, 6) is -0.304. The Kier molecular flexibility index (Phi) is 7.00. The maximum absolute atomic E-state index is 13.7. The van der Waals surface area contributed by atoms with E-state index in [0.717, 1.165) is 34.4 Å². The van der Waals surface area contributed by atoms with Crippen molar-refractivity contribution in [3.8, 4) is 0 Å². The van der Waals surface area contributed by atoms with Crippen LogP contribution in [0.15, 0.2) is 54.7 Å². The number of hydrogen-bond acceptors (Lipinski definition) is 4. The zero-order chi connectivity index (χ0) is 21.7. The molecular weight excluding hydrogens is 379 g/mol. The van der Waals surface area contributed by atoms with Gasteiger partial charge in [-0.2, -0.15) is 0 Å². The van der Waals surface area contributed by atoms with Gasteiger partial charge in [-0.3, -0.25) is 14.7 Å². The summed E-state index contributed by atoms with van der Waals surface area (Å²) in [6.45, 7) is 8.14. The number of anilines is 2. The molecule has 0 spiro atoms. The molecule has 1 amide bonds. The maximum Gasteiger partial charge on any atom is 0.241 e. The molecule has 0 aliphatic rings. The number of aryl methyl sites for hydroxylation is 1. The highest BCUT2D eigenvalue weighted by Gasteiger charge is 2.20. The zero-order valence-electron chi connectivity index (χ0n) is 18.0. The van der Waals surface area contributed by atoms with Crippen molar-refractivity contribution in [2.75, 3.05) is 36.9 Å². The molecule has 0 aliphatic carbocycles. The Balaban J connectivity index is 1.65. The molecule has 2 aromatic carbocycles. The lowest BCUT2D eigenvalue weighted by atomic mass is 10.1. The fourth-order valence-electron chi connectivity index (χ4n) is 3.51. The predicted molar refractivity (Wildman–Crippen MR) is 121 cm³/mol. The van der Waals surface area contributed by atoms with Gasteiger partial charge in [0.2, 0.25) is 5.91 Å². The first-order valence-electron chi connectivity index (χ1n) is 10.3. The van der Waals surface area contributed by atoms with Crippen LogP contribution in [0.1, 0.15) is 19.4 Å². The fourth-order valence-corrected chi connectivity index (χ4v) is 3.51. The van der Waals surface area contributed by atoms with E-state index < -0.39 is 0 Å². The topological polar surface area (TPSA) is 48.5 Å². The van der Waals surface area contributed by atoms with E-state index >= 15 is 0 Å². The van der Waals surface area contributed by atoms with Gasteiger partial charge in [-0.1, -0.05) is 24.6 Å². The zero-order valence-corrected chi connectivity index (χ0v) is 18.0. The molecule has 1 atom stereocenters. The highest BCUT2D eigenvalue weighted by atomic mass is 19.1. The summed E-state index contributed by atoms with van der Waals surface area (Å²) in [4.78, 5) is 21.2. The summed E-state index contributed by atoms with van der Waals surface area (Å²) < 4.78 is 13.7. The Morgan fingerprint density at radius 3 is 2.57 bits per heavy atom. The van der Waals surface area contributed by atoms with Crippen molar-refractivity contribution in [2.24, 2.45) is 0 Å². The molecular formula is C24H29FN4O. The minimum absolute atomic E-state index is 0.0280. The molecule has 0 saturated carbocycles. The molecule has 3 rings (SSSR count). The summed E-state index contributed by atoms with van der Waals surface area (Å²) in [6.07, 6.45) is 1.74. The van der Waals surface area contributed by atoms with Gasteiger partial charge in [0.1, 0.15) is 5.82 Å². The van der Waals surface area contributed by atoms with Crippen LogP contribution in [-0.2, 0) is 4.79 Å². The third-order valence-electron chi connectivity index (χ3n) is 5.47. The van der Waals surface area contributed by atoms with Gasteiger partial charge >= 0.3 is 0 Å². The van der Waals surface area contributed by atoms with Crippen molar-refractivity contribution >= 4 is 28.2 Å². The summed E-state index contributed by atoms with van der Waals surface area (Å²) >= 11 is 0. The molecule has 3 aromatic rings. The van der Waals surface area contributed by atoms with E-state index in [1.54, 1.807) is 12.3 Å². The monoisotopic (exact) mass is 408 g/mol. The number of pyridine rings is 1. The van der Waals surface area contributed by atoms with Crippen LogP contribution in [0.5, 0.6) is 0 Å². The molecule has 0 saturated heterocycles. The lowest BCUT2D eigenvalue weighted by Gasteiger charge is -2.30. The van der Waals surface area contributed by atoms with Crippen molar-refractivity contribution in [1.82, 2.24) is 9.88 Å². The number of amides is 1. The number of nitrogens with one attached hydrogen (secondary N) is 1. The SMILES string of the molecule is CCN(CCN(C)c1ccnc2ccc(F)cc12)C(C)C(=O)Nc1ccc(C)cc1. The van der Waals surface area contributed by atoms with Crippen LogP contribution in [0, 0.1) is 12.7 Å². The first-order valence-corrected chi connectivity index (χ1v) is 10.3. The van der Waals surface area contributed by atoms with Gasteiger partial charge in [-0.15, -0.1) is 0 Å². The van der Waals surface area contributed by atoms with E-state index in [1.165, 1.54) is 12.1 Å². The Bertz CT molecular complexity index is 1010. The highest BCUT2D eigenvalue weighted by Crippen LogP contribution is 2.25.